The van der Waals surface area contributed by atoms with E-state index in [1.807, 2.05) is 97.4 Å². The van der Waals surface area contributed by atoms with Crippen LogP contribution in [0.2, 0.25) is 5.02 Å². The van der Waals surface area contributed by atoms with Gasteiger partial charge >= 0.3 is 5.97 Å². The maximum Gasteiger partial charge on any atom is 0.352 e. The van der Waals surface area contributed by atoms with Crippen LogP contribution in [-0.2, 0) is 34.4 Å². The van der Waals surface area contributed by atoms with Gasteiger partial charge in [-0.15, -0.1) is 0 Å². The van der Waals surface area contributed by atoms with Gasteiger partial charge in [-0.25, -0.2) is 9.18 Å². The van der Waals surface area contributed by atoms with E-state index in [4.69, 9.17) is 21.3 Å². The van der Waals surface area contributed by atoms with Crippen LogP contribution in [0.1, 0.15) is 70.8 Å². The minimum Gasteiger partial charge on any atom is -0.493 e. The molecule has 0 bridgehead atoms. The highest BCUT2D eigenvalue weighted by atomic mass is 35.5. The van der Waals surface area contributed by atoms with E-state index < -0.39 is 5.97 Å². The number of hydrogen-bond donors (Lipinski definition) is 3. The van der Waals surface area contributed by atoms with E-state index in [2.05, 4.69) is 26.7 Å². The van der Waals surface area contributed by atoms with Crippen LogP contribution in [-0.4, -0.2) is 104 Å². The number of pyridine rings is 1. The molecule has 1 aliphatic heterocycles. The average molecular weight is 944 g/mol. The fraction of sp³-hybridized carbons (Fsp3) is 0.346. The first-order valence-corrected chi connectivity index (χ1v) is 23.4. The largest absolute Gasteiger partial charge is 0.493 e. The molecule has 3 amide bonds. The van der Waals surface area contributed by atoms with Gasteiger partial charge in [-0.05, 0) is 105 Å². The summed E-state index contributed by atoms with van der Waals surface area (Å²) in [6.45, 7) is 11.4. The molecule has 0 spiro atoms. The fourth-order valence-corrected chi connectivity index (χ4v) is 9.95. The number of carboxylic acid groups (broad SMARTS) is 1. The smallest absolute Gasteiger partial charge is 0.352 e. The predicted molar refractivity (Wildman–Crippen MR) is 263 cm³/mol. The molecule has 0 saturated carbocycles. The molecule has 68 heavy (non-hydrogen) atoms. The van der Waals surface area contributed by atoms with Gasteiger partial charge in [0.1, 0.15) is 17.3 Å². The highest BCUT2D eigenvalue weighted by molar-refractivity contribution is 6.35. The highest BCUT2D eigenvalue weighted by Crippen LogP contribution is 2.42. The zero-order chi connectivity index (χ0) is 48.2. The number of carboxylic acids is 1. The summed E-state index contributed by atoms with van der Waals surface area (Å²) in [6.07, 6.45) is 2.14. The number of para-hydroxylation sites is 1. The molecule has 1 atom stereocenters. The molecule has 1 aliphatic rings. The quantitative estimate of drug-likeness (QED) is 0.0561. The maximum atomic E-state index is 14.0. The number of aryl methyl sites for hydroxylation is 4. The van der Waals surface area contributed by atoms with Gasteiger partial charge in [0, 0.05) is 91.4 Å². The number of amides is 3. The molecule has 3 N–H and O–H groups in total. The van der Waals surface area contributed by atoms with Crippen molar-refractivity contribution in [1.82, 2.24) is 34.4 Å². The van der Waals surface area contributed by atoms with Crippen LogP contribution in [0.5, 0.6) is 5.75 Å². The Kier molecular flexibility index (Phi) is 14.4. The third-order valence-electron chi connectivity index (χ3n) is 13.3. The zero-order valence-corrected chi connectivity index (χ0v) is 39.8. The molecular formula is C52H56ClFN8O6. The standard InChI is InChI=1S/C52H56ClFN8O6/c1-31(14-19-45(64)56-30-63)41-28-36-10-6-12-43(49(36)57-32(41)2)55-29-46(65)61-23-20-60(21-24-61)22-25-62-50-40(17-18-42(53)48(50)47-33(3)58-59(5)34(47)4)39(51(62)52(66)67)11-8-26-68-44-13-7-9-35-27-37(54)15-16-38(35)44/h6-7,9-10,12-13,15-18,27-28,30-31,55H,8,11,14,19-26,29H2,1-5H3,(H,66,67)(H,56,63,64). The van der Waals surface area contributed by atoms with Crippen LogP contribution < -0.4 is 15.4 Å². The number of benzene rings is 4. The van der Waals surface area contributed by atoms with Crippen molar-refractivity contribution >= 4 is 74.1 Å². The average Bonchev–Trinajstić information content (AvgIpc) is 3.77. The number of anilines is 1. The Morgan fingerprint density at radius 3 is 2.41 bits per heavy atom. The third kappa shape index (κ3) is 9.90. The van der Waals surface area contributed by atoms with Gasteiger partial charge in [-0.1, -0.05) is 48.9 Å². The second kappa shape index (κ2) is 20.6. The lowest BCUT2D eigenvalue weighted by Gasteiger charge is -2.35. The number of rotatable bonds is 18. The van der Waals surface area contributed by atoms with Crippen molar-refractivity contribution in [2.24, 2.45) is 7.05 Å². The molecule has 354 valence electrons. The highest BCUT2D eigenvalue weighted by Gasteiger charge is 2.29. The number of piperazine rings is 1. The van der Waals surface area contributed by atoms with Gasteiger partial charge in [-0.3, -0.25) is 34.3 Å². The summed E-state index contributed by atoms with van der Waals surface area (Å²) in [5, 5.41) is 24.9. The Morgan fingerprint density at radius 2 is 1.68 bits per heavy atom. The van der Waals surface area contributed by atoms with Crippen molar-refractivity contribution in [3.05, 3.63) is 118 Å². The van der Waals surface area contributed by atoms with Crippen molar-refractivity contribution in [1.29, 1.82) is 0 Å². The first-order valence-electron chi connectivity index (χ1n) is 23.0. The first-order chi connectivity index (χ1) is 32.7. The molecule has 7 aromatic rings. The normalized spacial score (nSPS) is 13.6. The predicted octanol–water partition coefficient (Wildman–Crippen LogP) is 8.58. The summed E-state index contributed by atoms with van der Waals surface area (Å²) in [4.78, 5) is 58.6. The van der Waals surface area contributed by atoms with Crippen LogP contribution in [0.15, 0.2) is 72.8 Å². The number of carbonyl (C=O) groups is 4. The maximum absolute atomic E-state index is 14.0. The van der Waals surface area contributed by atoms with Crippen molar-refractivity contribution < 1.29 is 33.4 Å². The lowest BCUT2D eigenvalue weighted by atomic mass is 9.93. The molecule has 8 rings (SSSR count). The minimum absolute atomic E-state index is 0.0359. The summed E-state index contributed by atoms with van der Waals surface area (Å²) in [5.41, 5.74) is 8.30. The second-order valence-corrected chi connectivity index (χ2v) is 18.0. The van der Waals surface area contributed by atoms with Crippen molar-refractivity contribution in [3.8, 4) is 16.9 Å². The summed E-state index contributed by atoms with van der Waals surface area (Å²) in [6, 6.07) is 21.7. The van der Waals surface area contributed by atoms with E-state index in [1.165, 1.54) is 12.1 Å². The Morgan fingerprint density at radius 1 is 0.926 bits per heavy atom. The number of fused-ring (bicyclic) bond motifs is 3. The number of nitrogens with zero attached hydrogens (tertiary/aromatic N) is 6. The molecule has 16 heteroatoms. The molecule has 1 saturated heterocycles. The Hall–Kier alpha value is -6.84. The third-order valence-corrected chi connectivity index (χ3v) is 13.6. The van der Waals surface area contributed by atoms with Crippen LogP contribution in [0.3, 0.4) is 0 Å². The van der Waals surface area contributed by atoms with E-state index in [0.717, 1.165) is 72.0 Å². The van der Waals surface area contributed by atoms with Crippen LogP contribution in [0.4, 0.5) is 10.1 Å². The molecule has 4 aromatic carbocycles. The Labute approximate surface area is 399 Å². The van der Waals surface area contributed by atoms with Gasteiger partial charge in [0.05, 0.1) is 40.6 Å². The lowest BCUT2D eigenvalue weighted by molar-refractivity contribution is -0.131. The van der Waals surface area contributed by atoms with Gasteiger partial charge in [-0.2, -0.15) is 5.10 Å². The molecule has 3 aromatic heterocycles. The number of aromatic carboxylic acids is 1. The van der Waals surface area contributed by atoms with Crippen molar-refractivity contribution in [2.75, 3.05) is 51.2 Å². The first kappa shape index (κ1) is 47.6. The van der Waals surface area contributed by atoms with Crippen molar-refractivity contribution in [3.63, 3.8) is 0 Å². The number of ether oxygens (including phenoxy) is 1. The number of carbonyl (C=O) groups excluding carboxylic acids is 3. The summed E-state index contributed by atoms with van der Waals surface area (Å²) in [7, 11) is 1.88. The van der Waals surface area contributed by atoms with Crippen LogP contribution in [0, 0.1) is 26.6 Å². The molecule has 14 nitrogen and oxygen atoms in total. The molecule has 1 fully saturated rings. The monoisotopic (exact) mass is 942 g/mol. The summed E-state index contributed by atoms with van der Waals surface area (Å²) >= 11 is 7.08. The molecule has 0 radical (unpaired) electrons. The van der Waals surface area contributed by atoms with E-state index in [9.17, 15) is 28.7 Å². The van der Waals surface area contributed by atoms with E-state index in [0.29, 0.717) is 87.9 Å². The fourth-order valence-electron chi connectivity index (χ4n) is 9.70. The molecular weight excluding hydrogens is 887 g/mol. The van der Waals surface area contributed by atoms with E-state index in [-0.39, 0.29) is 42.2 Å². The van der Waals surface area contributed by atoms with Crippen molar-refractivity contribution in [2.45, 2.75) is 65.8 Å². The topological polar surface area (TPSA) is 164 Å². The van der Waals surface area contributed by atoms with E-state index >= 15 is 0 Å². The number of nitrogens with one attached hydrogen (secondary N) is 2. The summed E-state index contributed by atoms with van der Waals surface area (Å²) in [5.74, 6) is -1.03. The van der Waals surface area contributed by atoms with Gasteiger partial charge in [0.25, 0.3) is 0 Å². The molecule has 1 unspecified atom stereocenters. The second-order valence-electron chi connectivity index (χ2n) is 17.6. The number of halogens is 2. The number of imide groups is 1. The van der Waals surface area contributed by atoms with Crippen LogP contribution in [0.25, 0.3) is 43.7 Å². The zero-order valence-electron chi connectivity index (χ0n) is 39.0. The Balaban J connectivity index is 0.963. The van der Waals surface area contributed by atoms with Gasteiger partial charge in [0.2, 0.25) is 18.2 Å². The molecule has 4 heterocycles. The Bertz CT molecular complexity index is 3070. The van der Waals surface area contributed by atoms with Gasteiger partial charge in [0.15, 0.2) is 0 Å². The number of aromatic nitrogens is 4. The van der Waals surface area contributed by atoms with Crippen LogP contribution >= 0.6 is 11.6 Å². The lowest BCUT2D eigenvalue weighted by Crippen LogP contribution is -2.50. The number of hydrogen-bond acceptors (Lipinski definition) is 9. The van der Waals surface area contributed by atoms with Gasteiger partial charge < -0.3 is 24.6 Å². The minimum atomic E-state index is -1.04. The summed E-state index contributed by atoms with van der Waals surface area (Å²) < 4.78 is 23.9. The SMILES string of the molecule is Cc1nc2c(NCC(=O)N3CCN(CCn4c(C(=O)O)c(CCCOc5cccc6cc(F)ccc56)c5ccc(Cl)c(-c6c(C)nn(C)c6C)c54)CC3)cccc2cc1C(C)CCC(=O)NC=O. The molecule has 0 aliphatic carbocycles. The van der Waals surface area contributed by atoms with E-state index in [1.54, 1.807) is 6.07 Å².